The van der Waals surface area contributed by atoms with E-state index in [2.05, 4.69) is 20.9 Å². The summed E-state index contributed by atoms with van der Waals surface area (Å²) in [6.07, 6.45) is -1.19. The summed E-state index contributed by atoms with van der Waals surface area (Å²) in [6.45, 7) is 5.10. The minimum atomic E-state index is -1.42. The third kappa shape index (κ3) is 13.4. The summed E-state index contributed by atoms with van der Waals surface area (Å²) in [5.41, 5.74) is 21.3. The number of nitrogens with zero attached hydrogens (tertiary/aromatic N) is 1. The number of rotatable bonds is 17. The van der Waals surface area contributed by atoms with Crippen molar-refractivity contribution in [1.29, 1.82) is 0 Å². The number of guanidine groups is 1. The first-order valence-corrected chi connectivity index (χ1v) is 11.6. The molecule has 15 heteroatoms. The molecule has 0 aliphatic heterocycles. The molecule has 0 aromatic carbocycles. The van der Waals surface area contributed by atoms with Gasteiger partial charge in [-0.15, -0.1) is 0 Å². The molecule has 0 heterocycles. The third-order valence-electron chi connectivity index (χ3n) is 5.03. The molecular formula is C21H40N8O7. The molecular weight excluding hydrogens is 476 g/mol. The summed E-state index contributed by atoms with van der Waals surface area (Å²) in [5.74, 6) is -4.60. The molecule has 0 aromatic heterocycles. The number of primary amides is 1. The van der Waals surface area contributed by atoms with Gasteiger partial charge in [-0.25, -0.2) is 4.79 Å². The van der Waals surface area contributed by atoms with Crippen molar-refractivity contribution in [2.24, 2.45) is 33.8 Å². The Morgan fingerprint density at radius 2 is 1.36 bits per heavy atom. The zero-order chi connectivity index (χ0) is 28.0. The molecule has 206 valence electrons. The zero-order valence-electron chi connectivity index (χ0n) is 20.9. The molecule has 13 N–H and O–H groups in total. The zero-order valence-corrected chi connectivity index (χ0v) is 20.9. The summed E-state index contributed by atoms with van der Waals surface area (Å²) < 4.78 is 0. The number of nitrogens with one attached hydrogen (secondary N) is 3. The Kier molecular flexibility index (Phi) is 14.7. The minimum Gasteiger partial charge on any atom is -0.480 e. The molecule has 0 fully saturated rings. The van der Waals surface area contributed by atoms with Crippen LogP contribution in [0.3, 0.4) is 0 Å². The normalized spacial score (nSPS) is 15.1. The van der Waals surface area contributed by atoms with Crippen molar-refractivity contribution in [2.75, 3.05) is 6.54 Å². The SMILES string of the molecule is CC(C)CC(NC(=O)C(N)C(C)O)C(=O)NC(CCCN=C(N)N)C(=O)NC(CCC(N)=O)C(=O)O. The molecule has 0 spiro atoms. The van der Waals surface area contributed by atoms with Gasteiger partial charge in [-0.05, 0) is 38.5 Å². The highest BCUT2D eigenvalue weighted by Crippen LogP contribution is 2.08. The number of aliphatic imine (C=N–C) groups is 1. The second-order valence-corrected chi connectivity index (χ2v) is 8.87. The molecule has 0 saturated carbocycles. The number of carboxylic acid groups (broad SMARTS) is 1. The van der Waals surface area contributed by atoms with Crippen LogP contribution in [-0.2, 0) is 24.0 Å². The van der Waals surface area contributed by atoms with Crippen LogP contribution in [-0.4, -0.2) is 82.6 Å². The number of carboxylic acids is 1. The molecule has 0 rings (SSSR count). The van der Waals surface area contributed by atoms with Crippen LogP contribution < -0.4 is 38.9 Å². The number of carbonyl (C=O) groups is 5. The highest BCUT2D eigenvalue weighted by atomic mass is 16.4. The average Bonchev–Trinajstić information content (AvgIpc) is 2.76. The van der Waals surface area contributed by atoms with Crippen LogP contribution in [0.5, 0.6) is 0 Å². The summed E-state index contributed by atoms with van der Waals surface area (Å²) >= 11 is 0. The fourth-order valence-corrected chi connectivity index (χ4v) is 3.05. The Morgan fingerprint density at radius 1 is 0.833 bits per heavy atom. The van der Waals surface area contributed by atoms with Crippen molar-refractivity contribution >= 4 is 35.6 Å². The molecule has 36 heavy (non-hydrogen) atoms. The fraction of sp³-hybridized carbons (Fsp3) is 0.714. The summed E-state index contributed by atoms with van der Waals surface area (Å²) in [7, 11) is 0. The quantitative estimate of drug-likeness (QED) is 0.0524. The summed E-state index contributed by atoms with van der Waals surface area (Å²) in [4.78, 5) is 64.6. The van der Waals surface area contributed by atoms with E-state index in [1.165, 1.54) is 6.92 Å². The second kappa shape index (κ2) is 16.3. The molecule has 5 unspecified atom stereocenters. The Labute approximate surface area is 209 Å². The smallest absolute Gasteiger partial charge is 0.326 e. The van der Waals surface area contributed by atoms with E-state index in [1.54, 1.807) is 0 Å². The Morgan fingerprint density at radius 3 is 1.83 bits per heavy atom. The van der Waals surface area contributed by atoms with Crippen molar-refractivity contribution in [3.05, 3.63) is 0 Å². The second-order valence-electron chi connectivity index (χ2n) is 8.87. The van der Waals surface area contributed by atoms with E-state index in [-0.39, 0.29) is 50.5 Å². The van der Waals surface area contributed by atoms with E-state index in [0.29, 0.717) is 0 Å². The topological polar surface area (TPSA) is 278 Å². The van der Waals surface area contributed by atoms with Crippen LogP contribution in [0.15, 0.2) is 4.99 Å². The van der Waals surface area contributed by atoms with Crippen LogP contribution in [0.4, 0.5) is 0 Å². The number of nitrogens with two attached hydrogens (primary N) is 4. The molecule has 0 saturated heterocycles. The van der Waals surface area contributed by atoms with E-state index < -0.39 is 59.9 Å². The van der Waals surface area contributed by atoms with Gasteiger partial charge in [0, 0.05) is 13.0 Å². The standard InChI is InChI=1S/C21H40N8O7/c1-10(2)9-14(29-19(34)16(23)11(3)30)18(33)27-12(5-4-8-26-21(24)25)17(32)28-13(20(35)36)6-7-15(22)31/h10-14,16,30H,4-9,23H2,1-3H3,(H2,22,31)(H,27,33)(H,28,32)(H,29,34)(H,35,36)(H4,24,25,26). The molecule has 0 bridgehead atoms. The highest BCUT2D eigenvalue weighted by Gasteiger charge is 2.31. The van der Waals surface area contributed by atoms with Gasteiger partial charge in [0.25, 0.3) is 0 Å². The minimum absolute atomic E-state index is 0.0338. The van der Waals surface area contributed by atoms with Gasteiger partial charge in [0.15, 0.2) is 5.96 Å². The highest BCUT2D eigenvalue weighted by molar-refractivity contribution is 5.94. The van der Waals surface area contributed by atoms with Gasteiger partial charge in [-0.3, -0.25) is 24.2 Å². The predicted molar refractivity (Wildman–Crippen MR) is 131 cm³/mol. The van der Waals surface area contributed by atoms with E-state index >= 15 is 0 Å². The van der Waals surface area contributed by atoms with Crippen LogP contribution in [0.2, 0.25) is 0 Å². The van der Waals surface area contributed by atoms with Crippen LogP contribution in [0, 0.1) is 5.92 Å². The van der Waals surface area contributed by atoms with Crippen molar-refractivity contribution in [1.82, 2.24) is 16.0 Å². The Balaban J connectivity index is 5.66. The van der Waals surface area contributed by atoms with Crippen molar-refractivity contribution in [2.45, 2.75) is 83.1 Å². The first-order chi connectivity index (χ1) is 16.6. The first-order valence-electron chi connectivity index (χ1n) is 11.6. The van der Waals surface area contributed by atoms with Crippen molar-refractivity contribution in [3.8, 4) is 0 Å². The van der Waals surface area contributed by atoms with Crippen LogP contribution in [0.1, 0.15) is 52.9 Å². The number of hydrogen-bond acceptors (Lipinski definition) is 8. The van der Waals surface area contributed by atoms with E-state index in [9.17, 15) is 34.2 Å². The number of aliphatic hydroxyl groups is 1. The van der Waals surface area contributed by atoms with Gasteiger partial charge in [0.05, 0.1) is 6.10 Å². The van der Waals surface area contributed by atoms with E-state index in [0.717, 1.165) is 0 Å². The largest absolute Gasteiger partial charge is 0.480 e. The maximum absolute atomic E-state index is 13.0. The maximum atomic E-state index is 13.0. The Bertz CT molecular complexity index is 799. The van der Waals surface area contributed by atoms with Crippen LogP contribution >= 0.6 is 0 Å². The lowest BCUT2D eigenvalue weighted by Crippen LogP contribution is -2.58. The van der Waals surface area contributed by atoms with Crippen molar-refractivity contribution in [3.63, 3.8) is 0 Å². The van der Waals surface area contributed by atoms with Crippen LogP contribution in [0.25, 0.3) is 0 Å². The molecule has 0 aromatic rings. The summed E-state index contributed by atoms with van der Waals surface area (Å²) in [6, 6.07) is -4.98. The summed E-state index contributed by atoms with van der Waals surface area (Å²) in [5, 5.41) is 26.2. The lowest BCUT2D eigenvalue weighted by molar-refractivity contribution is -0.142. The number of hydrogen-bond donors (Lipinski definition) is 9. The molecule has 0 radical (unpaired) electrons. The molecule has 5 atom stereocenters. The molecule has 0 aliphatic rings. The van der Waals surface area contributed by atoms with Gasteiger partial charge in [0.1, 0.15) is 24.2 Å². The Hall–Kier alpha value is -3.46. The van der Waals surface area contributed by atoms with Gasteiger partial charge in [-0.1, -0.05) is 13.8 Å². The molecule has 15 nitrogen and oxygen atoms in total. The van der Waals surface area contributed by atoms with Crippen molar-refractivity contribution < 1.29 is 34.2 Å². The fourth-order valence-electron chi connectivity index (χ4n) is 3.05. The average molecular weight is 517 g/mol. The van der Waals surface area contributed by atoms with Gasteiger partial charge < -0.3 is 49.1 Å². The number of aliphatic carboxylic acids is 1. The van der Waals surface area contributed by atoms with Gasteiger partial charge in [-0.2, -0.15) is 0 Å². The number of carbonyl (C=O) groups excluding carboxylic acids is 4. The van der Waals surface area contributed by atoms with Gasteiger partial charge >= 0.3 is 5.97 Å². The lowest BCUT2D eigenvalue weighted by Gasteiger charge is -2.26. The first kappa shape index (κ1) is 32.5. The maximum Gasteiger partial charge on any atom is 0.326 e. The number of amides is 4. The monoisotopic (exact) mass is 516 g/mol. The van der Waals surface area contributed by atoms with E-state index in [1.807, 2.05) is 13.8 Å². The molecule has 4 amide bonds. The molecule has 0 aliphatic carbocycles. The predicted octanol–water partition coefficient (Wildman–Crippen LogP) is -3.40. The van der Waals surface area contributed by atoms with E-state index in [4.69, 9.17) is 22.9 Å². The van der Waals surface area contributed by atoms with Gasteiger partial charge in [0.2, 0.25) is 23.6 Å². The third-order valence-corrected chi connectivity index (χ3v) is 5.03. The lowest BCUT2D eigenvalue weighted by atomic mass is 10.0. The number of aliphatic hydroxyl groups excluding tert-OH is 1.